The maximum atomic E-state index is 12.6. The highest BCUT2D eigenvalue weighted by molar-refractivity contribution is 14.0. The van der Waals surface area contributed by atoms with Crippen molar-refractivity contribution in [3.63, 3.8) is 0 Å². The molecule has 3 rings (SSSR count). The number of guanidine groups is 1. The van der Waals surface area contributed by atoms with Crippen LogP contribution in [0.25, 0.3) is 0 Å². The summed E-state index contributed by atoms with van der Waals surface area (Å²) >= 11 is 0. The summed E-state index contributed by atoms with van der Waals surface area (Å²) < 4.78 is 50.1. The van der Waals surface area contributed by atoms with Crippen LogP contribution in [0.2, 0.25) is 0 Å². The van der Waals surface area contributed by atoms with Crippen molar-refractivity contribution in [2.45, 2.75) is 45.1 Å². The molecule has 0 spiro atoms. The fraction of sp³-hybridized carbons (Fsp3) is 0.579. The summed E-state index contributed by atoms with van der Waals surface area (Å²) in [6, 6.07) is 2.28. The lowest BCUT2D eigenvalue weighted by Crippen LogP contribution is -2.47. The van der Waals surface area contributed by atoms with Crippen LogP contribution < -0.4 is 15.4 Å². The van der Waals surface area contributed by atoms with Crippen molar-refractivity contribution in [2.75, 3.05) is 26.8 Å². The van der Waals surface area contributed by atoms with E-state index in [-0.39, 0.29) is 42.5 Å². The number of ether oxygens (including phenoxy) is 2. The molecule has 0 aromatic carbocycles. The van der Waals surface area contributed by atoms with E-state index in [0.29, 0.717) is 38.0 Å². The van der Waals surface area contributed by atoms with Crippen molar-refractivity contribution >= 4 is 29.9 Å². The number of pyridine rings is 1. The van der Waals surface area contributed by atoms with Gasteiger partial charge in [-0.15, -0.1) is 24.0 Å². The van der Waals surface area contributed by atoms with Crippen molar-refractivity contribution in [1.29, 1.82) is 0 Å². The second-order valence-corrected chi connectivity index (χ2v) is 6.93. The number of nitrogens with zero attached hydrogens (tertiary/aromatic N) is 5. The molecule has 0 aliphatic carbocycles. The predicted molar refractivity (Wildman–Crippen MR) is 122 cm³/mol. The molecule has 2 aromatic rings. The fourth-order valence-corrected chi connectivity index (χ4v) is 3.12. The van der Waals surface area contributed by atoms with Crippen molar-refractivity contribution in [3.05, 3.63) is 35.5 Å². The molecule has 13 heteroatoms. The summed E-state index contributed by atoms with van der Waals surface area (Å²) in [5.74, 6) is 2.38. The average molecular weight is 569 g/mol. The first-order valence-electron chi connectivity index (χ1n) is 10.0. The van der Waals surface area contributed by atoms with Gasteiger partial charge >= 0.3 is 6.18 Å². The molecule has 9 nitrogen and oxygen atoms in total. The van der Waals surface area contributed by atoms with E-state index in [2.05, 4.69) is 30.7 Å². The van der Waals surface area contributed by atoms with Gasteiger partial charge in [0.1, 0.15) is 19.0 Å². The second kappa shape index (κ2) is 12.2. The van der Waals surface area contributed by atoms with Gasteiger partial charge < -0.3 is 20.1 Å². The number of aliphatic imine (C=N–C) groups is 1. The summed E-state index contributed by atoms with van der Waals surface area (Å²) in [6.07, 6.45) is -1.97. The highest BCUT2D eigenvalue weighted by Crippen LogP contribution is 2.29. The molecule has 0 saturated heterocycles. The van der Waals surface area contributed by atoms with E-state index >= 15 is 0 Å². The average Bonchev–Trinajstić information content (AvgIpc) is 3.13. The van der Waals surface area contributed by atoms with Gasteiger partial charge in [-0.2, -0.15) is 18.3 Å². The summed E-state index contributed by atoms with van der Waals surface area (Å²) in [6.45, 7) is 4.21. The zero-order chi connectivity index (χ0) is 22.3. The van der Waals surface area contributed by atoms with Crippen LogP contribution in [-0.2, 0) is 30.5 Å². The lowest BCUT2D eigenvalue weighted by Gasteiger charge is -2.25. The molecule has 0 bridgehead atoms. The van der Waals surface area contributed by atoms with E-state index in [0.717, 1.165) is 30.9 Å². The van der Waals surface area contributed by atoms with E-state index in [1.54, 1.807) is 7.11 Å². The fourth-order valence-electron chi connectivity index (χ4n) is 3.12. The maximum absolute atomic E-state index is 12.6. The molecule has 178 valence electrons. The molecule has 1 aliphatic heterocycles. The minimum Gasteiger partial charge on any atom is -0.476 e. The van der Waals surface area contributed by atoms with Crippen LogP contribution >= 0.6 is 24.0 Å². The second-order valence-electron chi connectivity index (χ2n) is 6.93. The van der Waals surface area contributed by atoms with Crippen LogP contribution in [0.5, 0.6) is 5.88 Å². The molecule has 0 fully saturated rings. The highest BCUT2D eigenvalue weighted by atomic mass is 127. The van der Waals surface area contributed by atoms with Gasteiger partial charge in [-0.05, 0) is 19.4 Å². The zero-order valence-corrected chi connectivity index (χ0v) is 20.2. The zero-order valence-electron chi connectivity index (χ0n) is 17.9. The van der Waals surface area contributed by atoms with Gasteiger partial charge in [0.2, 0.25) is 5.88 Å². The maximum Gasteiger partial charge on any atom is 0.417 e. The Morgan fingerprint density at radius 1 is 1.34 bits per heavy atom. The van der Waals surface area contributed by atoms with E-state index in [1.807, 2.05) is 11.6 Å². The minimum atomic E-state index is -4.42. The van der Waals surface area contributed by atoms with Crippen molar-refractivity contribution in [1.82, 2.24) is 30.4 Å². The number of fused-ring (bicyclic) bond motifs is 1. The smallest absolute Gasteiger partial charge is 0.417 e. The van der Waals surface area contributed by atoms with Crippen LogP contribution in [0.15, 0.2) is 23.3 Å². The van der Waals surface area contributed by atoms with Gasteiger partial charge in [-0.25, -0.2) is 19.6 Å². The first kappa shape index (κ1) is 26.1. The third-order valence-corrected chi connectivity index (χ3v) is 4.54. The first-order chi connectivity index (χ1) is 14.9. The molecule has 1 atom stereocenters. The van der Waals surface area contributed by atoms with Gasteiger partial charge in [-0.1, -0.05) is 0 Å². The van der Waals surface area contributed by atoms with Crippen LogP contribution in [0.1, 0.15) is 30.6 Å². The minimum absolute atomic E-state index is 0. The summed E-state index contributed by atoms with van der Waals surface area (Å²) in [5.41, 5.74) is -0.811. The Morgan fingerprint density at radius 2 is 2.16 bits per heavy atom. The Bertz CT molecular complexity index is 875. The van der Waals surface area contributed by atoms with E-state index in [9.17, 15) is 13.2 Å². The van der Waals surface area contributed by atoms with Crippen LogP contribution in [-0.4, -0.2) is 58.6 Å². The number of hydrogen-bond acceptors (Lipinski definition) is 6. The number of rotatable bonds is 8. The van der Waals surface area contributed by atoms with Gasteiger partial charge in [0, 0.05) is 38.4 Å². The number of methoxy groups -OCH3 is 1. The Balaban J connectivity index is 0.00000363. The standard InChI is InChI=1S/C19H26F3N7O2.HI/c1-3-23-18(24-8-9-31-17-7-4-13(10-25-17)19(20,21)22)26-14-5-6-16-27-15(12-30-2)28-29(16)11-14;/h4,7,10,14H,3,5-6,8-9,11-12H2,1-2H3,(H2,23,24,26);1H. The third-order valence-electron chi connectivity index (χ3n) is 4.54. The monoisotopic (exact) mass is 569 g/mol. The highest BCUT2D eigenvalue weighted by Gasteiger charge is 2.30. The third kappa shape index (κ3) is 7.46. The number of aryl methyl sites for hydroxylation is 1. The number of alkyl halides is 3. The molecule has 3 heterocycles. The Kier molecular flexibility index (Phi) is 9.93. The molecular weight excluding hydrogens is 542 g/mol. The molecule has 0 saturated carbocycles. The number of aromatic nitrogens is 4. The largest absolute Gasteiger partial charge is 0.476 e. The number of halogens is 4. The van der Waals surface area contributed by atoms with Gasteiger partial charge in [0.05, 0.1) is 18.7 Å². The van der Waals surface area contributed by atoms with Gasteiger partial charge in [0.25, 0.3) is 0 Å². The first-order valence-corrected chi connectivity index (χ1v) is 10.0. The lowest BCUT2D eigenvalue weighted by molar-refractivity contribution is -0.137. The molecule has 0 radical (unpaired) electrons. The van der Waals surface area contributed by atoms with Gasteiger partial charge in [0.15, 0.2) is 11.8 Å². The molecule has 32 heavy (non-hydrogen) atoms. The van der Waals surface area contributed by atoms with Crippen molar-refractivity contribution in [2.24, 2.45) is 4.99 Å². The topological polar surface area (TPSA) is 98.5 Å². The van der Waals surface area contributed by atoms with Crippen LogP contribution in [0, 0.1) is 0 Å². The quantitative estimate of drug-likeness (QED) is 0.218. The normalized spacial score (nSPS) is 16.2. The van der Waals surface area contributed by atoms with Crippen LogP contribution in [0.3, 0.4) is 0 Å². The van der Waals surface area contributed by atoms with E-state index in [4.69, 9.17) is 9.47 Å². The molecule has 0 amide bonds. The molecular formula is C19H27F3IN7O2. The van der Waals surface area contributed by atoms with Crippen LogP contribution in [0.4, 0.5) is 13.2 Å². The SMILES string of the molecule is CCNC(=NCCOc1ccc(C(F)(F)F)cn1)NC1CCc2nc(COC)nn2C1.I. The molecule has 2 N–H and O–H groups in total. The predicted octanol–water partition coefficient (Wildman–Crippen LogP) is 2.41. The Morgan fingerprint density at radius 3 is 2.81 bits per heavy atom. The summed E-state index contributed by atoms with van der Waals surface area (Å²) in [4.78, 5) is 12.6. The number of nitrogens with one attached hydrogen (secondary N) is 2. The summed E-state index contributed by atoms with van der Waals surface area (Å²) in [5, 5.41) is 11.0. The van der Waals surface area contributed by atoms with Crippen molar-refractivity contribution < 1.29 is 22.6 Å². The molecule has 1 aliphatic rings. The van der Waals surface area contributed by atoms with Gasteiger partial charge in [-0.3, -0.25) is 0 Å². The molecule has 1 unspecified atom stereocenters. The molecule has 2 aromatic heterocycles. The summed E-state index contributed by atoms with van der Waals surface area (Å²) in [7, 11) is 1.61. The Hall–Kier alpha value is -2.16. The number of hydrogen-bond donors (Lipinski definition) is 2. The van der Waals surface area contributed by atoms with Crippen molar-refractivity contribution in [3.8, 4) is 5.88 Å². The van der Waals surface area contributed by atoms with E-state index < -0.39 is 11.7 Å². The lowest BCUT2D eigenvalue weighted by atomic mass is 10.1. The Labute approximate surface area is 201 Å². The van der Waals surface area contributed by atoms with E-state index in [1.165, 1.54) is 6.07 Å².